The van der Waals surface area contributed by atoms with E-state index < -0.39 is 5.97 Å². The van der Waals surface area contributed by atoms with Gasteiger partial charge in [0.2, 0.25) is 5.82 Å². The number of carboxylic acids is 1. The minimum absolute atomic E-state index is 0.0757. The first-order valence-electron chi connectivity index (χ1n) is 6.07. The maximum absolute atomic E-state index is 12.9. The molecule has 0 saturated carbocycles. The van der Waals surface area contributed by atoms with Crippen molar-refractivity contribution in [2.24, 2.45) is 0 Å². The summed E-state index contributed by atoms with van der Waals surface area (Å²) < 4.78 is 18.0. The van der Waals surface area contributed by atoms with E-state index in [2.05, 4.69) is 10.1 Å². The van der Waals surface area contributed by atoms with Gasteiger partial charge in [-0.05, 0) is 36.4 Å². The first-order valence-corrected chi connectivity index (χ1v) is 6.07. The number of aromatic nitrogens is 2. The first kappa shape index (κ1) is 13.0. The number of benzene rings is 2. The number of nitrogens with zero attached hydrogens (tertiary/aromatic N) is 2. The Labute approximate surface area is 118 Å². The second-order valence-electron chi connectivity index (χ2n) is 4.28. The molecule has 3 aromatic rings. The summed E-state index contributed by atoms with van der Waals surface area (Å²) in [7, 11) is 0. The minimum Gasteiger partial charge on any atom is -0.478 e. The van der Waals surface area contributed by atoms with Gasteiger partial charge in [-0.15, -0.1) is 0 Å². The van der Waals surface area contributed by atoms with E-state index in [4.69, 9.17) is 9.63 Å². The standard InChI is InChI=1S/C15H9FN2O3/c16-10-7-5-9(6-8-10)13-17-14(21-18-13)11-3-1-2-4-12(11)15(19)20/h1-8H,(H,19,20). The van der Waals surface area contributed by atoms with Crippen LogP contribution in [0.2, 0.25) is 0 Å². The third kappa shape index (κ3) is 2.51. The Bertz CT molecular complexity index is 797. The lowest BCUT2D eigenvalue weighted by molar-refractivity contribution is 0.0697. The molecule has 0 amide bonds. The van der Waals surface area contributed by atoms with Crippen LogP contribution in [0.3, 0.4) is 0 Å². The third-order valence-electron chi connectivity index (χ3n) is 2.92. The lowest BCUT2D eigenvalue weighted by atomic mass is 10.1. The maximum Gasteiger partial charge on any atom is 0.336 e. The van der Waals surface area contributed by atoms with Crippen LogP contribution in [-0.4, -0.2) is 21.2 Å². The zero-order valence-electron chi connectivity index (χ0n) is 10.7. The van der Waals surface area contributed by atoms with Crippen LogP contribution in [0.4, 0.5) is 4.39 Å². The average Bonchev–Trinajstić information content (AvgIpc) is 2.97. The molecule has 0 radical (unpaired) electrons. The molecular formula is C15H9FN2O3. The zero-order valence-corrected chi connectivity index (χ0v) is 10.7. The smallest absolute Gasteiger partial charge is 0.336 e. The van der Waals surface area contributed by atoms with E-state index in [1.807, 2.05) is 0 Å². The quantitative estimate of drug-likeness (QED) is 0.799. The highest BCUT2D eigenvalue weighted by Gasteiger charge is 2.17. The molecule has 0 atom stereocenters. The van der Waals surface area contributed by atoms with Gasteiger partial charge in [0.05, 0.1) is 11.1 Å². The zero-order chi connectivity index (χ0) is 14.8. The van der Waals surface area contributed by atoms with Crippen LogP contribution in [0.25, 0.3) is 22.8 Å². The highest BCUT2D eigenvalue weighted by atomic mass is 19.1. The van der Waals surface area contributed by atoms with Gasteiger partial charge in [-0.25, -0.2) is 9.18 Å². The summed E-state index contributed by atoms with van der Waals surface area (Å²) in [6.07, 6.45) is 0. The molecule has 5 nitrogen and oxygen atoms in total. The van der Waals surface area contributed by atoms with Crippen molar-refractivity contribution in [1.29, 1.82) is 0 Å². The number of carboxylic acid groups (broad SMARTS) is 1. The van der Waals surface area contributed by atoms with Crippen molar-refractivity contribution >= 4 is 5.97 Å². The van der Waals surface area contributed by atoms with Crippen molar-refractivity contribution < 1.29 is 18.8 Å². The summed E-state index contributed by atoms with van der Waals surface area (Å²) in [5.74, 6) is -1.07. The second kappa shape index (κ2) is 5.16. The molecule has 0 spiro atoms. The molecule has 6 heteroatoms. The lowest BCUT2D eigenvalue weighted by Gasteiger charge is -1.99. The molecule has 0 aliphatic carbocycles. The molecule has 0 saturated heterocycles. The van der Waals surface area contributed by atoms with E-state index in [0.29, 0.717) is 11.1 Å². The Balaban J connectivity index is 2.03. The fraction of sp³-hybridized carbons (Fsp3) is 0. The predicted molar refractivity (Wildman–Crippen MR) is 72.1 cm³/mol. The molecule has 3 rings (SSSR count). The van der Waals surface area contributed by atoms with Crippen molar-refractivity contribution in [3.63, 3.8) is 0 Å². The van der Waals surface area contributed by atoms with Gasteiger partial charge < -0.3 is 9.63 Å². The van der Waals surface area contributed by atoms with Crippen molar-refractivity contribution in [2.75, 3.05) is 0 Å². The topological polar surface area (TPSA) is 76.2 Å². The van der Waals surface area contributed by atoms with E-state index in [1.165, 1.54) is 30.3 Å². The fourth-order valence-corrected chi connectivity index (χ4v) is 1.91. The van der Waals surface area contributed by atoms with Crippen LogP contribution in [0.15, 0.2) is 53.1 Å². The van der Waals surface area contributed by atoms with Crippen molar-refractivity contribution in [3.05, 3.63) is 59.9 Å². The number of halogens is 1. The van der Waals surface area contributed by atoms with Gasteiger partial charge in [0.15, 0.2) is 0 Å². The van der Waals surface area contributed by atoms with Gasteiger partial charge >= 0.3 is 5.97 Å². The summed E-state index contributed by atoms with van der Waals surface area (Å²) in [6, 6.07) is 12.0. The average molecular weight is 284 g/mol. The Hall–Kier alpha value is -3.02. The Morgan fingerprint density at radius 2 is 1.81 bits per heavy atom. The molecule has 2 aromatic carbocycles. The summed E-state index contributed by atoms with van der Waals surface area (Å²) in [5.41, 5.74) is 0.997. The van der Waals surface area contributed by atoms with Gasteiger partial charge in [-0.1, -0.05) is 17.3 Å². The van der Waals surface area contributed by atoms with Crippen LogP contribution in [0, 0.1) is 5.82 Å². The van der Waals surface area contributed by atoms with Crippen LogP contribution >= 0.6 is 0 Å². The largest absolute Gasteiger partial charge is 0.478 e. The Morgan fingerprint density at radius 1 is 1.10 bits per heavy atom. The SMILES string of the molecule is O=C(O)c1ccccc1-c1nc(-c2ccc(F)cc2)no1. The molecular weight excluding hydrogens is 275 g/mol. The van der Waals surface area contributed by atoms with E-state index >= 15 is 0 Å². The highest BCUT2D eigenvalue weighted by molar-refractivity contribution is 5.94. The van der Waals surface area contributed by atoms with Gasteiger partial charge in [0, 0.05) is 5.56 Å². The fourth-order valence-electron chi connectivity index (χ4n) is 1.91. The van der Waals surface area contributed by atoms with Gasteiger partial charge in [-0.2, -0.15) is 4.98 Å². The monoisotopic (exact) mass is 284 g/mol. The molecule has 21 heavy (non-hydrogen) atoms. The molecule has 0 fully saturated rings. The van der Waals surface area contributed by atoms with Gasteiger partial charge in [0.1, 0.15) is 5.82 Å². The van der Waals surface area contributed by atoms with E-state index in [1.54, 1.807) is 18.2 Å². The third-order valence-corrected chi connectivity index (χ3v) is 2.92. The van der Waals surface area contributed by atoms with Crippen LogP contribution < -0.4 is 0 Å². The minimum atomic E-state index is -1.08. The summed E-state index contributed by atoms with van der Waals surface area (Å²) in [4.78, 5) is 15.3. The number of carbonyl (C=O) groups is 1. The van der Waals surface area contributed by atoms with E-state index in [9.17, 15) is 9.18 Å². The normalized spacial score (nSPS) is 10.5. The van der Waals surface area contributed by atoms with E-state index in [-0.39, 0.29) is 23.1 Å². The lowest BCUT2D eigenvalue weighted by Crippen LogP contribution is -1.99. The van der Waals surface area contributed by atoms with Crippen molar-refractivity contribution in [2.45, 2.75) is 0 Å². The van der Waals surface area contributed by atoms with Crippen LogP contribution in [0.1, 0.15) is 10.4 Å². The molecule has 0 aliphatic heterocycles. The first-order chi connectivity index (χ1) is 10.1. The van der Waals surface area contributed by atoms with Crippen LogP contribution in [0.5, 0.6) is 0 Å². The number of aromatic carboxylic acids is 1. The molecule has 1 heterocycles. The Morgan fingerprint density at radius 3 is 2.52 bits per heavy atom. The molecule has 1 N–H and O–H groups in total. The summed E-state index contributed by atoms with van der Waals surface area (Å²) in [5, 5.41) is 12.9. The molecule has 0 aliphatic rings. The van der Waals surface area contributed by atoms with E-state index in [0.717, 1.165) is 0 Å². The molecule has 1 aromatic heterocycles. The number of hydrogen-bond donors (Lipinski definition) is 1. The Kier molecular flexibility index (Phi) is 3.19. The molecule has 0 unspecified atom stereocenters. The number of rotatable bonds is 3. The van der Waals surface area contributed by atoms with Crippen LogP contribution in [-0.2, 0) is 0 Å². The highest BCUT2D eigenvalue weighted by Crippen LogP contribution is 2.25. The summed E-state index contributed by atoms with van der Waals surface area (Å²) >= 11 is 0. The summed E-state index contributed by atoms with van der Waals surface area (Å²) in [6.45, 7) is 0. The van der Waals surface area contributed by atoms with Crippen molar-refractivity contribution in [1.82, 2.24) is 10.1 Å². The molecule has 104 valence electrons. The second-order valence-corrected chi connectivity index (χ2v) is 4.28. The predicted octanol–water partition coefficient (Wildman–Crippen LogP) is 3.24. The van der Waals surface area contributed by atoms with Crippen molar-refractivity contribution in [3.8, 4) is 22.8 Å². The maximum atomic E-state index is 12.9. The number of hydrogen-bond acceptors (Lipinski definition) is 4. The van der Waals surface area contributed by atoms with Gasteiger partial charge in [0.25, 0.3) is 5.89 Å². The van der Waals surface area contributed by atoms with Gasteiger partial charge in [-0.3, -0.25) is 0 Å². The molecule has 0 bridgehead atoms.